The smallest absolute Gasteiger partial charge is 0.124 e. The molecule has 1 aromatic carbocycles. The topological polar surface area (TPSA) is 12.0 Å². The first-order valence-electron chi connectivity index (χ1n) is 6.17. The van der Waals surface area contributed by atoms with E-state index >= 15 is 0 Å². The second-order valence-corrected chi connectivity index (χ2v) is 5.60. The number of hydrogen-bond acceptors (Lipinski definition) is 2. The number of fused-ring (bicyclic) bond motifs is 1. The Balaban J connectivity index is 2.30. The number of halogens is 1. The Morgan fingerprint density at radius 2 is 2.22 bits per heavy atom. The Bertz CT molecular complexity index is 559. The van der Waals surface area contributed by atoms with Gasteiger partial charge in [-0.25, -0.2) is 4.39 Å². The average Bonchev–Trinajstić information content (AvgIpc) is 2.78. The van der Waals surface area contributed by atoms with Crippen LogP contribution in [0.15, 0.2) is 36.4 Å². The van der Waals surface area contributed by atoms with E-state index in [2.05, 4.69) is 24.9 Å². The summed E-state index contributed by atoms with van der Waals surface area (Å²) in [6.45, 7) is 6.18. The molecule has 1 unspecified atom stereocenters. The molecule has 1 aromatic heterocycles. The molecule has 0 saturated carbocycles. The van der Waals surface area contributed by atoms with Crippen LogP contribution in [0.5, 0.6) is 0 Å². The molecule has 1 atom stereocenters. The van der Waals surface area contributed by atoms with Crippen molar-refractivity contribution in [1.82, 2.24) is 5.32 Å². The number of benzene rings is 1. The van der Waals surface area contributed by atoms with Gasteiger partial charge in [0.15, 0.2) is 0 Å². The minimum Gasteiger partial charge on any atom is -0.312 e. The molecule has 0 saturated heterocycles. The lowest BCUT2D eigenvalue weighted by molar-refractivity contribution is 0.592. The normalized spacial score (nSPS) is 12.8. The predicted molar refractivity (Wildman–Crippen MR) is 77.6 cm³/mol. The van der Waals surface area contributed by atoms with Gasteiger partial charge in [0.25, 0.3) is 0 Å². The maximum absolute atomic E-state index is 13.2. The van der Waals surface area contributed by atoms with Crippen molar-refractivity contribution in [2.45, 2.75) is 25.8 Å². The van der Waals surface area contributed by atoms with Crippen molar-refractivity contribution >= 4 is 21.4 Å². The molecule has 1 N–H and O–H groups in total. The highest BCUT2D eigenvalue weighted by Gasteiger charge is 2.13. The molecule has 0 bridgehead atoms. The van der Waals surface area contributed by atoms with Gasteiger partial charge >= 0.3 is 0 Å². The zero-order chi connectivity index (χ0) is 13.1. The third-order valence-corrected chi connectivity index (χ3v) is 4.40. The molecule has 3 heteroatoms. The standard InChI is InChI=1S/C15H18FNS/c1-4-10(2)7-13(17-3)15-8-11-5-6-12(16)9-14(11)18-15/h5-6,8-9,13,17H,2,4,7H2,1,3H3. The van der Waals surface area contributed by atoms with Crippen molar-refractivity contribution in [2.24, 2.45) is 0 Å². The second kappa shape index (κ2) is 5.63. The van der Waals surface area contributed by atoms with Gasteiger partial charge in [0.05, 0.1) is 0 Å². The van der Waals surface area contributed by atoms with Crippen LogP contribution in [0, 0.1) is 5.82 Å². The van der Waals surface area contributed by atoms with Crippen LogP contribution < -0.4 is 5.32 Å². The molecule has 0 amide bonds. The lowest BCUT2D eigenvalue weighted by Gasteiger charge is -2.15. The lowest BCUT2D eigenvalue weighted by atomic mass is 10.0. The van der Waals surface area contributed by atoms with Crippen LogP contribution in [0.1, 0.15) is 30.7 Å². The average molecular weight is 263 g/mol. The Morgan fingerprint density at radius 3 is 2.89 bits per heavy atom. The van der Waals surface area contributed by atoms with E-state index in [0.717, 1.165) is 22.9 Å². The van der Waals surface area contributed by atoms with Crippen LogP contribution in [-0.2, 0) is 0 Å². The van der Waals surface area contributed by atoms with Crippen LogP contribution in [0.3, 0.4) is 0 Å². The maximum atomic E-state index is 13.2. The highest BCUT2D eigenvalue weighted by Crippen LogP contribution is 2.33. The first-order valence-corrected chi connectivity index (χ1v) is 6.98. The van der Waals surface area contributed by atoms with Gasteiger partial charge in [-0.3, -0.25) is 0 Å². The molecule has 0 aliphatic heterocycles. The summed E-state index contributed by atoms with van der Waals surface area (Å²) in [6.07, 6.45) is 1.93. The molecular formula is C15H18FNS. The quantitative estimate of drug-likeness (QED) is 0.774. The Hall–Kier alpha value is -1.19. The van der Waals surface area contributed by atoms with Gasteiger partial charge in [-0.2, -0.15) is 0 Å². The van der Waals surface area contributed by atoms with Crippen LogP contribution in [0.2, 0.25) is 0 Å². The summed E-state index contributed by atoms with van der Waals surface area (Å²) in [5.41, 5.74) is 1.23. The fourth-order valence-corrected chi connectivity index (χ4v) is 3.17. The van der Waals surface area contributed by atoms with Crippen molar-refractivity contribution in [3.05, 3.63) is 47.1 Å². The van der Waals surface area contributed by atoms with E-state index in [1.54, 1.807) is 17.4 Å². The number of hydrogen-bond donors (Lipinski definition) is 1. The van der Waals surface area contributed by atoms with Crippen molar-refractivity contribution in [1.29, 1.82) is 0 Å². The van der Waals surface area contributed by atoms with Gasteiger partial charge in [-0.05, 0) is 43.5 Å². The fraction of sp³-hybridized carbons (Fsp3) is 0.333. The number of thiophene rings is 1. The van der Waals surface area contributed by atoms with Gasteiger partial charge in [0.2, 0.25) is 0 Å². The number of rotatable bonds is 5. The molecule has 1 heterocycles. The predicted octanol–water partition coefficient (Wildman–Crippen LogP) is 4.66. The molecule has 0 aliphatic carbocycles. The van der Waals surface area contributed by atoms with E-state index in [9.17, 15) is 4.39 Å². The van der Waals surface area contributed by atoms with Crippen LogP contribution >= 0.6 is 11.3 Å². The lowest BCUT2D eigenvalue weighted by Crippen LogP contribution is -2.15. The minimum absolute atomic E-state index is 0.171. The van der Waals surface area contributed by atoms with Crippen molar-refractivity contribution in [3.8, 4) is 0 Å². The van der Waals surface area contributed by atoms with E-state index in [1.165, 1.54) is 16.5 Å². The molecule has 96 valence electrons. The summed E-state index contributed by atoms with van der Waals surface area (Å²) in [7, 11) is 1.96. The van der Waals surface area contributed by atoms with E-state index < -0.39 is 0 Å². The zero-order valence-corrected chi connectivity index (χ0v) is 11.6. The Morgan fingerprint density at radius 1 is 1.44 bits per heavy atom. The molecule has 1 nitrogen and oxygen atoms in total. The van der Waals surface area contributed by atoms with Gasteiger partial charge in [-0.1, -0.05) is 25.1 Å². The van der Waals surface area contributed by atoms with E-state index in [4.69, 9.17) is 0 Å². The molecule has 18 heavy (non-hydrogen) atoms. The third kappa shape index (κ3) is 2.79. The summed E-state index contributed by atoms with van der Waals surface area (Å²) in [5.74, 6) is -0.171. The summed E-state index contributed by atoms with van der Waals surface area (Å²) >= 11 is 1.65. The summed E-state index contributed by atoms with van der Waals surface area (Å²) < 4.78 is 14.2. The largest absolute Gasteiger partial charge is 0.312 e. The zero-order valence-electron chi connectivity index (χ0n) is 10.8. The summed E-state index contributed by atoms with van der Waals surface area (Å²) in [5, 5.41) is 4.42. The van der Waals surface area contributed by atoms with Gasteiger partial charge < -0.3 is 5.32 Å². The highest BCUT2D eigenvalue weighted by molar-refractivity contribution is 7.19. The Labute approximate surface area is 111 Å². The molecule has 2 aromatic rings. The first kappa shape index (κ1) is 13.2. The van der Waals surface area contributed by atoms with Crippen LogP contribution in [0.25, 0.3) is 10.1 Å². The molecular weight excluding hydrogens is 245 g/mol. The van der Waals surface area contributed by atoms with E-state index in [-0.39, 0.29) is 11.9 Å². The SMILES string of the molecule is C=C(CC)CC(NC)c1cc2ccc(F)cc2s1. The second-order valence-electron chi connectivity index (χ2n) is 4.48. The first-order chi connectivity index (χ1) is 8.63. The minimum atomic E-state index is -0.171. The monoisotopic (exact) mass is 263 g/mol. The van der Waals surface area contributed by atoms with Crippen LogP contribution in [-0.4, -0.2) is 7.05 Å². The number of nitrogens with one attached hydrogen (secondary N) is 1. The fourth-order valence-electron chi connectivity index (χ4n) is 1.98. The van der Waals surface area contributed by atoms with Gasteiger partial charge in [-0.15, -0.1) is 11.3 Å². The van der Waals surface area contributed by atoms with Crippen molar-refractivity contribution in [3.63, 3.8) is 0 Å². The van der Waals surface area contributed by atoms with Gasteiger partial charge in [0, 0.05) is 15.6 Å². The Kier molecular flexibility index (Phi) is 4.15. The molecule has 2 rings (SSSR count). The molecule has 0 spiro atoms. The maximum Gasteiger partial charge on any atom is 0.124 e. The highest BCUT2D eigenvalue weighted by atomic mass is 32.1. The van der Waals surface area contributed by atoms with Crippen LogP contribution in [0.4, 0.5) is 4.39 Å². The van der Waals surface area contributed by atoms with Gasteiger partial charge in [0.1, 0.15) is 5.82 Å². The van der Waals surface area contributed by atoms with Crippen molar-refractivity contribution in [2.75, 3.05) is 7.05 Å². The molecule has 0 fully saturated rings. The molecule has 0 aliphatic rings. The molecule has 0 radical (unpaired) electrons. The van der Waals surface area contributed by atoms with Crippen molar-refractivity contribution < 1.29 is 4.39 Å². The summed E-state index contributed by atoms with van der Waals surface area (Å²) in [6, 6.07) is 7.37. The van der Waals surface area contributed by atoms with E-state index in [0.29, 0.717) is 0 Å². The van der Waals surface area contributed by atoms with E-state index in [1.807, 2.05) is 13.1 Å². The summed E-state index contributed by atoms with van der Waals surface area (Å²) in [4.78, 5) is 1.24. The third-order valence-electron chi connectivity index (χ3n) is 3.19.